The van der Waals surface area contributed by atoms with Gasteiger partial charge in [0.05, 0.1) is 0 Å². The number of anilines is 1. The molecule has 1 heterocycles. The fourth-order valence-electron chi connectivity index (χ4n) is 5.16. The molecule has 3 aromatic rings. The molecule has 0 saturated heterocycles. The third-order valence-electron chi connectivity index (χ3n) is 6.76. The van der Waals surface area contributed by atoms with Crippen molar-refractivity contribution < 1.29 is 14.4 Å². The lowest BCUT2D eigenvalue weighted by molar-refractivity contribution is -0.120. The lowest BCUT2D eigenvalue weighted by Crippen LogP contribution is -2.42. The summed E-state index contributed by atoms with van der Waals surface area (Å²) < 4.78 is 0. The van der Waals surface area contributed by atoms with Gasteiger partial charge < -0.3 is 5.73 Å². The number of hydrogen-bond donors (Lipinski definition) is 1. The fraction of sp³-hybridized carbons (Fsp3) is 0.179. The number of Topliss-reactive ketones (excluding diaryl/α,β-unsaturated/α-hetero) is 1. The first-order valence-electron chi connectivity index (χ1n) is 11.3. The van der Waals surface area contributed by atoms with Crippen molar-refractivity contribution in [3.8, 4) is 0 Å². The molecule has 7 heteroatoms. The Balaban J connectivity index is 1.67. The van der Waals surface area contributed by atoms with Gasteiger partial charge in [-0.2, -0.15) is 0 Å². The number of benzene rings is 3. The monoisotopic (exact) mass is 504 g/mol. The van der Waals surface area contributed by atoms with Gasteiger partial charge in [0.2, 0.25) is 11.8 Å². The van der Waals surface area contributed by atoms with Gasteiger partial charge in [0, 0.05) is 51.3 Å². The number of ketones is 1. The number of nitrogens with zero attached hydrogens (tertiary/aromatic N) is 1. The minimum absolute atomic E-state index is 0.0210. The Morgan fingerprint density at radius 2 is 1.49 bits per heavy atom. The van der Waals surface area contributed by atoms with E-state index in [1.807, 2.05) is 30.3 Å². The minimum Gasteiger partial charge on any atom is -0.366 e. The number of halogens is 2. The maximum Gasteiger partial charge on any atom is 0.248 e. The molecule has 5 rings (SSSR count). The predicted molar refractivity (Wildman–Crippen MR) is 137 cm³/mol. The van der Waals surface area contributed by atoms with Crippen molar-refractivity contribution in [1.82, 2.24) is 0 Å². The van der Waals surface area contributed by atoms with E-state index in [1.165, 1.54) is 0 Å². The maximum atomic E-state index is 13.7. The van der Waals surface area contributed by atoms with E-state index in [1.54, 1.807) is 47.4 Å². The molecule has 3 aromatic carbocycles. The van der Waals surface area contributed by atoms with E-state index in [4.69, 9.17) is 28.9 Å². The average Bonchev–Trinajstić information content (AvgIpc) is 2.84. The third-order valence-corrected chi connectivity index (χ3v) is 7.42. The summed E-state index contributed by atoms with van der Waals surface area (Å²) in [6, 6.07) is 21.6. The molecule has 0 saturated carbocycles. The van der Waals surface area contributed by atoms with Gasteiger partial charge in [-0.25, -0.2) is 0 Å². The van der Waals surface area contributed by atoms with E-state index in [0.717, 1.165) is 5.56 Å². The Labute approximate surface area is 213 Å². The smallest absolute Gasteiger partial charge is 0.248 e. The Bertz CT molecular complexity index is 1350. The molecule has 0 bridgehead atoms. The summed E-state index contributed by atoms with van der Waals surface area (Å²) in [5.74, 6) is -1.33. The standard InChI is InChI=1S/C28H22Cl2N2O3/c29-21-7-4-8-22(30)26(21)20-15-25(34)32(19-11-9-17(10-12-19)28(31)35)23-13-18(14-24(33)27(20)23)16-5-2-1-3-6-16/h1-12,18,20H,13-15H2,(H2,31,35). The first kappa shape index (κ1) is 23.3. The topological polar surface area (TPSA) is 80.5 Å². The van der Waals surface area contributed by atoms with E-state index in [9.17, 15) is 14.4 Å². The van der Waals surface area contributed by atoms with Crippen LogP contribution in [0.15, 0.2) is 84.1 Å². The van der Waals surface area contributed by atoms with Crippen LogP contribution in [-0.4, -0.2) is 17.6 Å². The second-order valence-corrected chi connectivity index (χ2v) is 9.65. The zero-order valence-corrected chi connectivity index (χ0v) is 20.2. The number of allylic oxidation sites excluding steroid dienone is 2. The van der Waals surface area contributed by atoms with Gasteiger partial charge in [0.25, 0.3) is 0 Å². The molecule has 2 unspecified atom stereocenters. The Morgan fingerprint density at radius 1 is 0.829 bits per heavy atom. The fourth-order valence-corrected chi connectivity index (χ4v) is 5.82. The van der Waals surface area contributed by atoms with Crippen molar-refractivity contribution >= 4 is 46.5 Å². The molecular weight excluding hydrogens is 483 g/mol. The van der Waals surface area contributed by atoms with E-state index in [2.05, 4.69) is 0 Å². The van der Waals surface area contributed by atoms with Crippen LogP contribution in [0.2, 0.25) is 10.0 Å². The average molecular weight is 505 g/mol. The van der Waals surface area contributed by atoms with E-state index in [-0.39, 0.29) is 24.0 Å². The molecule has 0 fully saturated rings. The first-order valence-corrected chi connectivity index (χ1v) is 12.1. The van der Waals surface area contributed by atoms with Crippen LogP contribution in [0.3, 0.4) is 0 Å². The van der Waals surface area contributed by atoms with Crippen LogP contribution >= 0.6 is 23.2 Å². The summed E-state index contributed by atoms with van der Waals surface area (Å²) in [5.41, 5.74) is 9.19. The number of amides is 2. The second-order valence-electron chi connectivity index (χ2n) is 8.83. The van der Waals surface area contributed by atoms with Gasteiger partial charge in [-0.05, 0) is 59.9 Å². The number of carbonyl (C=O) groups excluding carboxylic acids is 3. The van der Waals surface area contributed by atoms with Gasteiger partial charge in [-0.1, -0.05) is 59.6 Å². The van der Waals surface area contributed by atoms with Crippen LogP contribution in [0.4, 0.5) is 5.69 Å². The van der Waals surface area contributed by atoms with Crippen LogP contribution in [0, 0.1) is 0 Å². The van der Waals surface area contributed by atoms with Crippen molar-refractivity contribution in [2.75, 3.05) is 4.90 Å². The van der Waals surface area contributed by atoms with E-state index >= 15 is 0 Å². The van der Waals surface area contributed by atoms with Crippen molar-refractivity contribution in [3.63, 3.8) is 0 Å². The zero-order chi connectivity index (χ0) is 24.7. The summed E-state index contributed by atoms with van der Waals surface area (Å²) in [6.07, 6.45) is 0.901. The molecule has 2 N–H and O–H groups in total. The van der Waals surface area contributed by atoms with Crippen LogP contribution < -0.4 is 10.6 Å². The number of rotatable bonds is 4. The van der Waals surface area contributed by atoms with Gasteiger partial charge in [-0.3, -0.25) is 19.3 Å². The van der Waals surface area contributed by atoms with Crippen molar-refractivity contribution in [3.05, 3.63) is 111 Å². The van der Waals surface area contributed by atoms with Crippen molar-refractivity contribution in [2.24, 2.45) is 5.73 Å². The normalized spacial score (nSPS) is 20.1. The highest BCUT2D eigenvalue weighted by Gasteiger charge is 2.43. The molecule has 0 spiro atoms. The quantitative estimate of drug-likeness (QED) is 0.471. The van der Waals surface area contributed by atoms with E-state index in [0.29, 0.717) is 51.0 Å². The van der Waals surface area contributed by atoms with Crippen LogP contribution in [0.25, 0.3) is 0 Å². The van der Waals surface area contributed by atoms with Crippen LogP contribution in [-0.2, 0) is 9.59 Å². The van der Waals surface area contributed by atoms with Crippen LogP contribution in [0.1, 0.15) is 52.6 Å². The molecule has 1 aliphatic heterocycles. The molecule has 5 nitrogen and oxygen atoms in total. The highest BCUT2D eigenvalue weighted by atomic mass is 35.5. The summed E-state index contributed by atoms with van der Waals surface area (Å²) in [5, 5.41) is 0.860. The summed E-state index contributed by atoms with van der Waals surface area (Å²) in [7, 11) is 0. The predicted octanol–water partition coefficient (Wildman–Crippen LogP) is 6.01. The Morgan fingerprint density at radius 3 is 2.11 bits per heavy atom. The van der Waals surface area contributed by atoms with Gasteiger partial charge in [0.15, 0.2) is 5.78 Å². The molecule has 2 atom stereocenters. The van der Waals surface area contributed by atoms with Gasteiger partial charge >= 0.3 is 0 Å². The van der Waals surface area contributed by atoms with Crippen molar-refractivity contribution in [2.45, 2.75) is 31.1 Å². The number of carbonyl (C=O) groups is 3. The van der Waals surface area contributed by atoms with E-state index < -0.39 is 11.8 Å². The first-order chi connectivity index (χ1) is 16.8. The Kier molecular flexibility index (Phi) is 6.22. The molecule has 0 radical (unpaired) electrons. The molecule has 35 heavy (non-hydrogen) atoms. The lowest BCUT2D eigenvalue weighted by Gasteiger charge is -2.41. The van der Waals surface area contributed by atoms with Gasteiger partial charge in [0.1, 0.15) is 0 Å². The SMILES string of the molecule is NC(=O)c1ccc(N2C(=O)CC(c3c(Cl)cccc3Cl)C3=C2CC(c2ccccc2)CC3=O)cc1. The highest BCUT2D eigenvalue weighted by Crippen LogP contribution is 2.49. The summed E-state index contributed by atoms with van der Waals surface area (Å²) in [4.78, 5) is 40.5. The molecule has 2 amide bonds. The molecule has 0 aromatic heterocycles. The second kappa shape index (κ2) is 9.33. The highest BCUT2D eigenvalue weighted by molar-refractivity contribution is 6.36. The van der Waals surface area contributed by atoms with Crippen LogP contribution in [0.5, 0.6) is 0 Å². The number of nitrogens with two attached hydrogens (primary N) is 1. The summed E-state index contributed by atoms with van der Waals surface area (Å²) >= 11 is 13.1. The lowest BCUT2D eigenvalue weighted by atomic mass is 9.72. The molecule has 1 aliphatic carbocycles. The van der Waals surface area contributed by atoms with Crippen molar-refractivity contribution in [1.29, 1.82) is 0 Å². The largest absolute Gasteiger partial charge is 0.366 e. The molecular formula is C28H22Cl2N2O3. The summed E-state index contributed by atoms with van der Waals surface area (Å²) in [6.45, 7) is 0. The molecule has 176 valence electrons. The maximum absolute atomic E-state index is 13.7. The van der Waals surface area contributed by atoms with Gasteiger partial charge in [-0.15, -0.1) is 0 Å². The zero-order valence-electron chi connectivity index (χ0n) is 18.7. The third kappa shape index (κ3) is 4.26. The molecule has 2 aliphatic rings. The minimum atomic E-state index is -0.549. The number of hydrogen-bond acceptors (Lipinski definition) is 3. The Hall–Kier alpha value is -3.41. The number of primary amides is 1.